The van der Waals surface area contributed by atoms with Gasteiger partial charge in [-0.1, -0.05) is 31.2 Å². The van der Waals surface area contributed by atoms with E-state index in [-0.39, 0.29) is 18.6 Å². The summed E-state index contributed by atoms with van der Waals surface area (Å²) in [4.78, 5) is 37.1. The van der Waals surface area contributed by atoms with Crippen molar-refractivity contribution in [2.45, 2.75) is 26.2 Å². The summed E-state index contributed by atoms with van der Waals surface area (Å²) in [7, 11) is 0. The zero-order valence-electron chi connectivity index (χ0n) is 16.4. The van der Waals surface area contributed by atoms with E-state index in [4.69, 9.17) is 4.74 Å². The van der Waals surface area contributed by atoms with Crippen LogP contribution in [0.4, 0.5) is 9.39 Å². The van der Waals surface area contributed by atoms with Crippen LogP contribution in [0.3, 0.4) is 0 Å². The molecule has 0 saturated heterocycles. The Hall–Kier alpha value is -3.00. The number of amides is 1. The van der Waals surface area contributed by atoms with Gasteiger partial charge in [0.1, 0.15) is 16.4 Å². The van der Waals surface area contributed by atoms with Crippen molar-refractivity contribution in [1.29, 1.82) is 0 Å². The van der Waals surface area contributed by atoms with E-state index in [1.165, 1.54) is 12.1 Å². The second kappa shape index (κ2) is 9.67. The first kappa shape index (κ1) is 21.7. The van der Waals surface area contributed by atoms with E-state index in [1.807, 2.05) is 6.92 Å². The lowest BCUT2D eigenvalue weighted by atomic mass is 9.82. The third-order valence-corrected chi connectivity index (χ3v) is 5.81. The molecule has 1 aliphatic carbocycles. The number of nitrogens with one attached hydrogen (secondary N) is 1. The zero-order valence-corrected chi connectivity index (χ0v) is 17.2. The molecule has 2 N–H and O–H groups in total. The van der Waals surface area contributed by atoms with Gasteiger partial charge in [-0.05, 0) is 37.0 Å². The number of benzene rings is 1. The monoisotopic (exact) mass is 431 g/mol. The number of hydrogen-bond donors (Lipinski definition) is 2. The highest BCUT2D eigenvalue weighted by molar-refractivity contribution is 7.15. The number of halogens is 1. The number of carbonyl (C=O) groups is 3. The van der Waals surface area contributed by atoms with Gasteiger partial charge >= 0.3 is 11.9 Å². The van der Waals surface area contributed by atoms with Crippen LogP contribution in [-0.4, -0.2) is 29.6 Å². The molecule has 8 heteroatoms. The Labute approximate surface area is 177 Å². The Bertz CT molecular complexity index is 966. The number of carboxylic acids is 1. The van der Waals surface area contributed by atoms with Crippen molar-refractivity contribution < 1.29 is 28.6 Å². The lowest BCUT2D eigenvalue weighted by molar-refractivity contribution is -0.146. The van der Waals surface area contributed by atoms with Crippen LogP contribution in [0.25, 0.3) is 11.1 Å². The summed E-state index contributed by atoms with van der Waals surface area (Å²) in [6.45, 7) is 2.09. The van der Waals surface area contributed by atoms with E-state index in [0.29, 0.717) is 29.0 Å². The molecule has 0 unspecified atom stereocenters. The number of esters is 1. The number of rotatable bonds is 7. The molecule has 1 aliphatic rings. The lowest BCUT2D eigenvalue weighted by Gasteiger charge is -2.24. The largest absolute Gasteiger partial charge is 0.481 e. The van der Waals surface area contributed by atoms with Gasteiger partial charge in [0.25, 0.3) is 0 Å². The Morgan fingerprint density at radius 1 is 1.17 bits per heavy atom. The van der Waals surface area contributed by atoms with Crippen molar-refractivity contribution in [3.63, 3.8) is 0 Å². The highest BCUT2D eigenvalue weighted by Gasteiger charge is 2.35. The van der Waals surface area contributed by atoms with Crippen LogP contribution >= 0.6 is 11.3 Å². The minimum atomic E-state index is -1.03. The van der Waals surface area contributed by atoms with Crippen LogP contribution < -0.4 is 5.32 Å². The number of carbonyl (C=O) groups excluding carboxylic acids is 2. The second-order valence-corrected chi connectivity index (χ2v) is 7.86. The first-order valence-corrected chi connectivity index (χ1v) is 10.5. The number of anilines is 1. The fourth-order valence-electron chi connectivity index (χ4n) is 3.34. The average molecular weight is 431 g/mol. The molecule has 0 aliphatic heterocycles. The van der Waals surface area contributed by atoms with Gasteiger partial charge in [-0.3, -0.25) is 9.59 Å². The summed E-state index contributed by atoms with van der Waals surface area (Å²) in [5.41, 5.74) is 1.32. The molecule has 0 spiro atoms. The quantitative estimate of drug-likeness (QED) is 0.489. The number of allylic oxidation sites excluding steroid dienone is 2. The highest BCUT2D eigenvalue weighted by atomic mass is 32.1. The van der Waals surface area contributed by atoms with Gasteiger partial charge in [0.15, 0.2) is 0 Å². The molecule has 3 rings (SSSR count). The molecule has 0 saturated carbocycles. The SMILES string of the molecule is CCCOC(=O)c1c(-c2ccc(F)cc2)csc1NC(=O)[C@H]1CC=CC[C@@H]1C(=O)O. The van der Waals surface area contributed by atoms with Crippen molar-refractivity contribution in [2.75, 3.05) is 11.9 Å². The van der Waals surface area contributed by atoms with Gasteiger partial charge in [0.2, 0.25) is 5.91 Å². The van der Waals surface area contributed by atoms with Gasteiger partial charge in [-0.15, -0.1) is 11.3 Å². The molecular formula is C22H22FNO5S. The topological polar surface area (TPSA) is 92.7 Å². The molecule has 1 amide bonds. The van der Waals surface area contributed by atoms with Crippen molar-refractivity contribution >= 4 is 34.2 Å². The number of carboxylic acid groups (broad SMARTS) is 1. The smallest absolute Gasteiger partial charge is 0.341 e. The van der Waals surface area contributed by atoms with Gasteiger partial charge in [-0.2, -0.15) is 0 Å². The van der Waals surface area contributed by atoms with Crippen LogP contribution in [0, 0.1) is 17.7 Å². The predicted molar refractivity (Wildman–Crippen MR) is 112 cm³/mol. The fourth-order valence-corrected chi connectivity index (χ4v) is 4.30. The maximum Gasteiger partial charge on any atom is 0.341 e. The molecule has 0 radical (unpaired) electrons. The lowest BCUT2D eigenvalue weighted by Crippen LogP contribution is -2.34. The standard InChI is InChI=1S/C22H22FNO5S/c1-2-11-29-22(28)18-17(13-7-9-14(23)10-8-13)12-30-20(18)24-19(25)15-5-3-4-6-16(15)21(26)27/h3-4,7-10,12,15-16H,2,5-6,11H2,1H3,(H,24,25)(H,26,27)/t15-,16-/m0/s1. The molecule has 2 aromatic rings. The summed E-state index contributed by atoms with van der Waals surface area (Å²) in [5, 5.41) is 14.1. The highest BCUT2D eigenvalue weighted by Crippen LogP contribution is 2.37. The van der Waals surface area contributed by atoms with Crippen LogP contribution in [0.1, 0.15) is 36.5 Å². The van der Waals surface area contributed by atoms with Crippen LogP contribution in [0.5, 0.6) is 0 Å². The zero-order chi connectivity index (χ0) is 21.7. The maximum absolute atomic E-state index is 13.3. The first-order valence-electron chi connectivity index (χ1n) is 9.65. The third kappa shape index (κ3) is 4.76. The van der Waals surface area contributed by atoms with Crippen molar-refractivity contribution in [1.82, 2.24) is 0 Å². The van der Waals surface area contributed by atoms with Gasteiger partial charge in [0.05, 0.1) is 18.4 Å². The molecule has 1 heterocycles. The van der Waals surface area contributed by atoms with E-state index < -0.39 is 35.5 Å². The van der Waals surface area contributed by atoms with Crippen LogP contribution in [0.2, 0.25) is 0 Å². The van der Waals surface area contributed by atoms with E-state index in [0.717, 1.165) is 11.3 Å². The third-order valence-electron chi connectivity index (χ3n) is 4.91. The van der Waals surface area contributed by atoms with Gasteiger partial charge in [-0.25, -0.2) is 9.18 Å². The van der Waals surface area contributed by atoms with E-state index in [1.54, 1.807) is 29.7 Å². The first-order chi connectivity index (χ1) is 14.4. The molecule has 0 fully saturated rings. The molecule has 1 aromatic heterocycles. The van der Waals surface area contributed by atoms with Crippen LogP contribution in [0.15, 0.2) is 41.8 Å². The fraction of sp³-hybridized carbons (Fsp3) is 0.318. The number of hydrogen-bond acceptors (Lipinski definition) is 5. The molecule has 2 atom stereocenters. The Kier molecular flexibility index (Phi) is 6.99. The molecular weight excluding hydrogens is 409 g/mol. The molecule has 1 aromatic carbocycles. The second-order valence-electron chi connectivity index (χ2n) is 6.98. The number of aliphatic carboxylic acids is 1. The summed E-state index contributed by atoms with van der Waals surface area (Å²) in [5.74, 6) is -4.02. The average Bonchev–Trinajstić information content (AvgIpc) is 3.16. The minimum Gasteiger partial charge on any atom is -0.481 e. The molecule has 30 heavy (non-hydrogen) atoms. The van der Waals surface area contributed by atoms with E-state index in [9.17, 15) is 23.9 Å². The summed E-state index contributed by atoms with van der Waals surface area (Å²) in [6.07, 6.45) is 4.78. The van der Waals surface area contributed by atoms with E-state index >= 15 is 0 Å². The van der Waals surface area contributed by atoms with Gasteiger partial charge < -0.3 is 15.2 Å². The maximum atomic E-state index is 13.3. The van der Waals surface area contributed by atoms with Crippen molar-refractivity contribution in [2.24, 2.45) is 11.8 Å². The molecule has 0 bridgehead atoms. The molecule has 158 valence electrons. The Morgan fingerprint density at radius 2 is 1.83 bits per heavy atom. The van der Waals surface area contributed by atoms with Crippen molar-refractivity contribution in [3.05, 3.63) is 53.2 Å². The normalized spacial score (nSPS) is 18.1. The summed E-state index contributed by atoms with van der Waals surface area (Å²) < 4.78 is 18.6. The minimum absolute atomic E-state index is 0.187. The summed E-state index contributed by atoms with van der Waals surface area (Å²) in [6, 6.07) is 5.68. The Balaban J connectivity index is 1.92. The van der Waals surface area contributed by atoms with Crippen molar-refractivity contribution in [3.8, 4) is 11.1 Å². The van der Waals surface area contributed by atoms with E-state index in [2.05, 4.69) is 5.32 Å². The summed E-state index contributed by atoms with van der Waals surface area (Å²) >= 11 is 1.15. The van der Waals surface area contributed by atoms with Gasteiger partial charge in [0, 0.05) is 10.9 Å². The van der Waals surface area contributed by atoms with Crippen LogP contribution in [-0.2, 0) is 14.3 Å². The number of thiophene rings is 1. The molecule has 6 nitrogen and oxygen atoms in total. The predicted octanol–water partition coefficient (Wildman–Crippen LogP) is 4.73. The number of ether oxygens (including phenoxy) is 1. The Morgan fingerprint density at radius 3 is 2.47 bits per heavy atom.